The average Bonchev–Trinajstić information content (AvgIpc) is 2.68. The molecule has 29 heavy (non-hydrogen) atoms. The van der Waals surface area contributed by atoms with Crippen molar-refractivity contribution in [1.29, 1.82) is 0 Å². The Morgan fingerprint density at radius 3 is 2.72 bits per heavy atom. The first kappa shape index (κ1) is 20.5. The van der Waals surface area contributed by atoms with E-state index in [2.05, 4.69) is 22.5 Å². The van der Waals surface area contributed by atoms with E-state index in [1.54, 1.807) is 6.07 Å². The summed E-state index contributed by atoms with van der Waals surface area (Å²) in [6.45, 7) is 10.1. The molecule has 1 aliphatic heterocycles. The van der Waals surface area contributed by atoms with E-state index in [1.165, 1.54) is 0 Å². The normalized spacial score (nSPS) is 15.6. The van der Waals surface area contributed by atoms with Gasteiger partial charge in [0.05, 0.1) is 11.2 Å². The van der Waals surface area contributed by atoms with Crippen molar-refractivity contribution in [3.05, 3.63) is 66.2 Å². The molecule has 0 radical (unpaired) electrons. The number of allylic oxidation sites excluding steroid dienone is 1. The molecule has 152 valence electrons. The summed E-state index contributed by atoms with van der Waals surface area (Å²) in [5, 5.41) is 8.62. The lowest BCUT2D eigenvalue weighted by atomic mass is 9.92. The second kappa shape index (κ2) is 8.39. The third-order valence-corrected chi connectivity index (χ3v) is 4.90. The van der Waals surface area contributed by atoms with Crippen molar-refractivity contribution in [2.45, 2.75) is 38.8 Å². The molecule has 1 atom stereocenters. The fourth-order valence-electron chi connectivity index (χ4n) is 3.17. The SMILES string of the molecule is C=C(C)c1cccc(C(C)(C)NC(=O)NCCC2Oc3ccccc3NC2=O)c1. The van der Waals surface area contributed by atoms with E-state index >= 15 is 0 Å². The van der Waals surface area contributed by atoms with Crippen LogP contribution in [-0.4, -0.2) is 24.6 Å². The minimum absolute atomic E-state index is 0.206. The number of para-hydroxylation sites is 2. The smallest absolute Gasteiger partial charge is 0.315 e. The van der Waals surface area contributed by atoms with Crippen molar-refractivity contribution in [3.8, 4) is 5.75 Å². The van der Waals surface area contributed by atoms with Crippen LogP contribution >= 0.6 is 0 Å². The molecule has 1 unspecified atom stereocenters. The Labute approximate surface area is 171 Å². The van der Waals surface area contributed by atoms with Gasteiger partial charge in [-0.15, -0.1) is 0 Å². The van der Waals surface area contributed by atoms with Crippen LogP contribution in [-0.2, 0) is 10.3 Å². The molecule has 0 saturated carbocycles. The van der Waals surface area contributed by atoms with E-state index in [4.69, 9.17) is 4.74 Å². The molecule has 0 fully saturated rings. The van der Waals surface area contributed by atoms with E-state index in [-0.39, 0.29) is 11.9 Å². The van der Waals surface area contributed by atoms with Crippen LogP contribution in [0.2, 0.25) is 0 Å². The predicted molar refractivity (Wildman–Crippen MR) is 115 cm³/mol. The zero-order valence-electron chi connectivity index (χ0n) is 17.0. The van der Waals surface area contributed by atoms with E-state index in [1.807, 2.05) is 63.2 Å². The zero-order chi connectivity index (χ0) is 21.0. The van der Waals surface area contributed by atoms with Gasteiger partial charge < -0.3 is 20.7 Å². The van der Waals surface area contributed by atoms with Crippen LogP contribution in [0.4, 0.5) is 10.5 Å². The Hall–Kier alpha value is -3.28. The number of fused-ring (bicyclic) bond motifs is 1. The number of rotatable bonds is 6. The Kier molecular flexibility index (Phi) is 5.92. The summed E-state index contributed by atoms with van der Waals surface area (Å²) in [5.74, 6) is 0.433. The fraction of sp³-hybridized carbons (Fsp3) is 0.304. The summed E-state index contributed by atoms with van der Waals surface area (Å²) in [4.78, 5) is 24.6. The lowest BCUT2D eigenvalue weighted by molar-refractivity contribution is -0.123. The van der Waals surface area contributed by atoms with Gasteiger partial charge in [-0.05, 0) is 50.1 Å². The molecule has 0 bridgehead atoms. The van der Waals surface area contributed by atoms with Gasteiger partial charge in [0.2, 0.25) is 0 Å². The summed E-state index contributed by atoms with van der Waals surface area (Å²) in [7, 11) is 0. The number of benzene rings is 2. The van der Waals surface area contributed by atoms with E-state index in [9.17, 15) is 9.59 Å². The lowest BCUT2D eigenvalue weighted by Gasteiger charge is -2.28. The van der Waals surface area contributed by atoms with Gasteiger partial charge in [0.1, 0.15) is 5.75 Å². The molecular weight excluding hydrogens is 366 g/mol. The summed E-state index contributed by atoms with van der Waals surface area (Å²) < 4.78 is 5.74. The first-order chi connectivity index (χ1) is 13.8. The van der Waals surface area contributed by atoms with Crippen LogP contribution in [0.15, 0.2) is 55.1 Å². The van der Waals surface area contributed by atoms with Crippen molar-refractivity contribution >= 4 is 23.2 Å². The largest absolute Gasteiger partial charge is 0.478 e. The average molecular weight is 393 g/mol. The fourth-order valence-corrected chi connectivity index (χ4v) is 3.17. The van der Waals surface area contributed by atoms with E-state index in [0.29, 0.717) is 24.4 Å². The van der Waals surface area contributed by atoms with Crippen molar-refractivity contribution in [3.63, 3.8) is 0 Å². The van der Waals surface area contributed by atoms with Gasteiger partial charge in [0.25, 0.3) is 5.91 Å². The number of carbonyl (C=O) groups excluding carboxylic acids is 2. The van der Waals surface area contributed by atoms with Crippen molar-refractivity contribution in [2.75, 3.05) is 11.9 Å². The summed E-state index contributed by atoms with van der Waals surface area (Å²) in [5.41, 5.74) is 3.10. The van der Waals surface area contributed by atoms with Gasteiger partial charge in [-0.25, -0.2) is 4.79 Å². The van der Waals surface area contributed by atoms with Crippen molar-refractivity contribution in [1.82, 2.24) is 10.6 Å². The molecule has 0 aromatic heterocycles. The Morgan fingerprint density at radius 2 is 1.97 bits per heavy atom. The first-order valence-corrected chi connectivity index (χ1v) is 9.65. The Morgan fingerprint density at radius 1 is 1.21 bits per heavy atom. The number of ether oxygens (including phenoxy) is 1. The summed E-state index contributed by atoms with van der Waals surface area (Å²) in [6.07, 6.45) is -0.260. The number of hydrogen-bond donors (Lipinski definition) is 3. The number of nitrogens with one attached hydrogen (secondary N) is 3. The van der Waals surface area contributed by atoms with Crippen LogP contribution < -0.4 is 20.7 Å². The molecule has 1 aliphatic rings. The second-order valence-electron chi connectivity index (χ2n) is 7.75. The van der Waals surface area contributed by atoms with Gasteiger partial charge in [-0.2, -0.15) is 0 Å². The third kappa shape index (κ3) is 4.96. The maximum atomic E-state index is 12.4. The Bertz CT molecular complexity index is 936. The van der Waals surface area contributed by atoms with E-state index < -0.39 is 11.6 Å². The van der Waals surface area contributed by atoms with Gasteiger partial charge in [-0.3, -0.25) is 4.79 Å². The van der Waals surface area contributed by atoms with Gasteiger partial charge >= 0.3 is 6.03 Å². The van der Waals surface area contributed by atoms with E-state index in [0.717, 1.165) is 16.7 Å². The number of amides is 3. The zero-order valence-corrected chi connectivity index (χ0v) is 17.0. The lowest BCUT2D eigenvalue weighted by Crippen LogP contribution is -2.47. The molecule has 0 spiro atoms. The molecule has 6 heteroatoms. The Balaban J connectivity index is 1.53. The van der Waals surface area contributed by atoms with Crippen LogP contribution in [0.1, 0.15) is 38.3 Å². The molecular formula is C23H27N3O3. The molecule has 2 aromatic carbocycles. The highest BCUT2D eigenvalue weighted by Crippen LogP contribution is 2.29. The number of carbonyl (C=O) groups is 2. The first-order valence-electron chi connectivity index (χ1n) is 9.65. The molecule has 6 nitrogen and oxygen atoms in total. The molecule has 1 heterocycles. The second-order valence-corrected chi connectivity index (χ2v) is 7.75. The number of hydrogen-bond acceptors (Lipinski definition) is 3. The maximum absolute atomic E-state index is 12.4. The molecule has 3 rings (SSSR count). The number of urea groups is 1. The van der Waals surface area contributed by atoms with Crippen LogP contribution in [0, 0.1) is 0 Å². The molecule has 2 aromatic rings. The minimum atomic E-state index is -0.634. The maximum Gasteiger partial charge on any atom is 0.315 e. The van der Waals surface area contributed by atoms with Crippen LogP contribution in [0.25, 0.3) is 5.57 Å². The van der Waals surface area contributed by atoms with Gasteiger partial charge in [-0.1, -0.05) is 42.5 Å². The molecule has 3 amide bonds. The highest BCUT2D eigenvalue weighted by molar-refractivity contribution is 5.97. The quantitative estimate of drug-likeness (QED) is 0.693. The minimum Gasteiger partial charge on any atom is -0.478 e. The van der Waals surface area contributed by atoms with Crippen molar-refractivity contribution < 1.29 is 14.3 Å². The molecule has 0 saturated heterocycles. The summed E-state index contributed by atoms with van der Waals surface area (Å²) in [6, 6.07) is 14.9. The van der Waals surface area contributed by atoms with Crippen LogP contribution in [0.5, 0.6) is 5.75 Å². The highest BCUT2D eigenvalue weighted by Gasteiger charge is 2.28. The molecule has 3 N–H and O–H groups in total. The topological polar surface area (TPSA) is 79.5 Å². The highest BCUT2D eigenvalue weighted by atomic mass is 16.5. The standard InChI is InChI=1S/C23H27N3O3/c1-15(2)16-8-7-9-17(14-16)23(3,4)26-22(28)24-13-12-20-21(27)25-18-10-5-6-11-19(18)29-20/h5-11,14,20H,1,12-13H2,2-4H3,(H,25,27)(H2,24,26,28). The van der Waals surface area contributed by atoms with Crippen LogP contribution in [0.3, 0.4) is 0 Å². The van der Waals surface area contributed by atoms with Crippen molar-refractivity contribution in [2.24, 2.45) is 0 Å². The predicted octanol–water partition coefficient (Wildman–Crippen LogP) is 4.04. The monoisotopic (exact) mass is 393 g/mol. The van der Waals surface area contributed by atoms with Gasteiger partial charge in [0.15, 0.2) is 6.10 Å². The molecule has 0 aliphatic carbocycles. The third-order valence-electron chi connectivity index (χ3n) is 4.90. The van der Waals surface area contributed by atoms with Gasteiger partial charge in [0, 0.05) is 13.0 Å². The number of anilines is 1. The summed E-state index contributed by atoms with van der Waals surface area (Å²) >= 11 is 0.